The smallest absolute Gasteiger partial charge is 0.181 e. The van der Waals surface area contributed by atoms with Crippen molar-refractivity contribution in [1.82, 2.24) is 0 Å². The number of aliphatic hydroxyl groups is 1. The molecule has 1 aromatic rings. The molecule has 1 N–H and O–H groups in total. The predicted octanol–water partition coefficient (Wildman–Crippen LogP) is 1.42. The van der Waals surface area contributed by atoms with Gasteiger partial charge in [-0.2, -0.15) is 0 Å². The van der Waals surface area contributed by atoms with E-state index in [-0.39, 0.29) is 5.56 Å². The van der Waals surface area contributed by atoms with Gasteiger partial charge in [0.1, 0.15) is 16.5 Å². The van der Waals surface area contributed by atoms with Crippen LogP contribution in [-0.2, 0) is 9.84 Å². The van der Waals surface area contributed by atoms with Crippen LogP contribution < -0.4 is 0 Å². The summed E-state index contributed by atoms with van der Waals surface area (Å²) >= 11 is 0. The molecule has 84 valence electrons. The third-order valence-corrected chi connectivity index (χ3v) is 3.01. The van der Waals surface area contributed by atoms with Gasteiger partial charge in [0.2, 0.25) is 0 Å². The number of benzene rings is 1. The minimum atomic E-state index is -3.94. The van der Waals surface area contributed by atoms with Gasteiger partial charge in [-0.25, -0.2) is 17.2 Å². The van der Waals surface area contributed by atoms with Crippen LogP contribution in [0.4, 0.5) is 8.78 Å². The second-order valence-corrected chi connectivity index (χ2v) is 5.21. The number of hydrogen-bond donors (Lipinski definition) is 1. The van der Waals surface area contributed by atoms with Crippen LogP contribution in [0.1, 0.15) is 18.6 Å². The fraction of sp³-hybridized carbons (Fsp3) is 0.333. The van der Waals surface area contributed by atoms with Crippen LogP contribution in [0.5, 0.6) is 0 Å². The van der Waals surface area contributed by atoms with Crippen LogP contribution in [0.15, 0.2) is 17.0 Å². The van der Waals surface area contributed by atoms with Crippen LogP contribution in [0.3, 0.4) is 0 Å². The first-order valence-electron chi connectivity index (χ1n) is 4.10. The van der Waals surface area contributed by atoms with Crippen molar-refractivity contribution in [3.8, 4) is 0 Å². The molecule has 1 aromatic carbocycles. The summed E-state index contributed by atoms with van der Waals surface area (Å²) in [4.78, 5) is -0.966. The van der Waals surface area contributed by atoms with Crippen molar-refractivity contribution < 1.29 is 22.3 Å². The van der Waals surface area contributed by atoms with Gasteiger partial charge in [-0.05, 0) is 24.6 Å². The van der Waals surface area contributed by atoms with E-state index in [0.717, 1.165) is 18.4 Å². The zero-order valence-corrected chi connectivity index (χ0v) is 8.98. The van der Waals surface area contributed by atoms with E-state index in [2.05, 4.69) is 0 Å². The summed E-state index contributed by atoms with van der Waals surface area (Å²) in [6, 6.07) is 1.62. The lowest BCUT2D eigenvalue weighted by atomic mass is 10.1. The molecule has 0 saturated carbocycles. The van der Waals surface area contributed by atoms with E-state index in [4.69, 9.17) is 5.11 Å². The lowest BCUT2D eigenvalue weighted by Crippen LogP contribution is -2.06. The highest BCUT2D eigenvalue weighted by Crippen LogP contribution is 2.23. The van der Waals surface area contributed by atoms with Gasteiger partial charge >= 0.3 is 0 Å². The molecule has 0 aliphatic heterocycles. The largest absolute Gasteiger partial charge is 0.389 e. The van der Waals surface area contributed by atoms with Crippen molar-refractivity contribution in [3.05, 3.63) is 29.3 Å². The van der Waals surface area contributed by atoms with Crippen molar-refractivity contribution in [2.75, 3.05) is 6.26 Å². The Labute approximate surface area is 86.3 Å². The monoisotopic (exact) mass is 236 g/mol. The summed E-state index contributed by atoms with van der Waals surface area (Å²) < 4.78 is 48.5. The first-order chi connectivity index (χ1) is 6.73. The second kappa shape index (κ2) is 3.86. The highest BCUT2D eigenvalue weighted by molar-refractivity contribution is 7.90. The fourth-order valence-corrected chi connectivity index (χ4v) is 2.00. The molecule has 0 aromatic heterocycles. The maximum atomic E-state index is 13.2. The Morgan fingerprint density at radius 1 is 1.27 bits per heavy atom. The first kappa shape index (κ1) is 12.1. The Morgan fingerprint density at radius 3 is 1.93 bits per heavy atom. The van der Waals surface area contributed by atoms with Crippen molar-refractivity contribution in [1.29, 1.82) is 0 Å². The third kappa shape index (κ3) is 2.51. The third-order valence-electron chi connectivity index (χ3n) is 1.87. The van der Waals surface area contributed by atoms with Crippen LogP contribution in [0.2, 0.25) is 0 Å². The molecule has 0 fully saturated rings. The first-order valence-corrected chi connectivity index (χ1v) is 5.99. The molecule has 0 spiro atoms. The molecule has 0 bridgehead atoms. The normalized spacial score (nSPS) is 13.9. The molecule has 0 radical (unpaired) electrons. The Hall–Kier alpha value is -1.01. The van der Waals surface area contributed by atoms with E-state index in [0.29, 0.717) is 0 Å². The van der Waals surface area contributed by atoms with Crippen molar-refractivity contribution in [2.45, 2.75) is 17.9 Å². The van der Waals surface area contributed by atoms with Gasteiger partial charge in [0.25, 0.3) is 0 Å². The summed E-state index contributed by atoms with van der Waals surface area (Å²) in [5.74, 6) is -2.37. The zero-order valence-electron chi connectivity index (χ0n) is 8.16. The quantitative estimate of drug-likeness (QED) is 0.845. The molecule has 1 unspecified atom stereocenters. The van der Waals surface area contributed by atoms with E-state index >= 15 is 0 Å². The van der Waals surface area contributed by atoms with E-state index in [1.54, 1.807) is 0 Å². The standard InChI is InChI=1S/C9H10F2O3S/c1-5(12)6-3-7(10)9(8(11)4-6)15(2,13)14/h3-5,12H,1-2H3. The highest BCUT2D eigenvalue weighted by Gasteiger charge is 2.21. The van der Waals surface area contributed by atoms with Crippen molar-refractivity contribution >= 4 is 9.84 Å². The van der Waals surface area contributed by atoms with Gasteiger partial charge in [-0.15, -0.1) is 0 Å². The Bertz CT molecular complexity index is 457. The molecular weight excluding hydrogens is 226 g/mol. The average Bonchev–Trinajstić information content (AvgIpc) is 1.99. The van der Waals surface area contributed by atoms with Crippen LogP contribution in [-0.4, -0.2) is 19.8 Å². The average molecular weight is 236 g/mol. The molecular formula is C9H10F2O3S. The van der Waals surface area contributed by atoms with Gasteiger partial charge in [0.15, 0.2) is 9.84 Å². The number of rotatable bonds is 2. The van der Waals surface area contributed by atoms with Crippen LogP contribution in [0.25, 0.3) is 0 Å². The lowest BCUT2D eigenvalue weighted by Gasteiger charge is -2.08. The van der Waals surface area contributed by atoms with Crippen molar-refractivity contribution in [2.24, 2.45) is 0 Å². The molecule has 0 aliphatic rings. The predicted molar refractivity (Wildman–Crippen MR) is 50.1 cm³/mol. The Morgan fingerprint density at radius 2 is 1.67 bits per heavy atom. The molecule has 0 saturated heterocycles. The van der Waals surface area contributed by atoms with Gasteiger partial charge in [0, 0.05) is 6.26 Å². The zero-order chi connectivity index (χ0) is 11.8. The van der Waals surface area contributed by atoms with Gasteiger partial charge < -0.3 is 5.11 Å². The topological polar surface area (TPSA) is 54.4 Å². The summed E-state index contributed by atoms with van der Waals surface area (Å²) in [6.07, 6.45) is -0.334. The Balaban J connectivity index is 3.48. The minimum absolute atomic E-state index is 0.00241. The molecule has 0 amide bonds. The van der Waals surface area contributed by atoms with E-state index in [9.17, 15) is 17.2 Å². The molecule has 1 atom stereocenters. The van der Waals surface area contributed by atoms with Gasteiger partial charge in [0.05, 0.1) is 6.10 Å². The van der Waals surface area contributed by atoms with Crippen molar-refractivity contribution in [3.63, 3.8) is 0 Å². The number of halogens is 2. The molecule has 1 rings (SSSR count). The summed E-state index contributed by atoms with van der Waals surface area (Å²) in [5.41, 5.74) is -0.00241. The highest BCUT2D eigenvalue weighted by atomic mass is 32.2. The summed E-state index contributed by atoms with van der Waals surface area (Å²) in [7, 11) is -3.94. The van der Waals surface area contributed by atoms with E-state index in [1.807, 2.05) is 0 Å². The van der Waals surface area contributed by atoms with Crippen LogP contribution in [0, 0.1) is 11.6 Å². The maximum Gasteiger partial charge on any atom is 0.181 e. The molecule has 3 nitrogen and oxygen atoms in total. The Kier molecular flexibility index (Phi) is 3.11. The molecule has 6 heteroatoms. The summed E-state index contributed by atoms with van der Waals surface area (Å²) in [6.45, 7) is 1.33. The van der Waals surface area contributed by atoms with Gasteiger partial charge in [-0.1, -0.05) is 0 Å². The number of aliphatic hydroxyl groups excluding tert-OH is 1. The molecule has 15 heavy (non-hydrogen) atoms. The minimum Gasteiger partial charge on any atom is -0.389 e. The molecule has 0 heterocycles. The lowest BCUT2D eigenvalue weighted by molar-refractivity contribution is 0.198. The molecule has 0 aliphatic carbocycles. The summed E-state index contributed by atoms with van der Waals surface area (Å²) in [5, 5.41) is 9.08. The number of sulfone groups is 1. The fourth-order valence-electron chi connectivity index (χ4n) is 1.17. The maximum absolute atomic E-state index is 13.2. The van der Waals surface area contributed by atoms with E-state index in [1.165, 1.54) is 6.92 Å². The van der Waals surface area contributed by atoms with E-state index < -0.39 is 32.5 Å². The number of hydrogen-bond acceptors (Lipinski definition) is 3. The van der Waals surface area contributed by atoms with Crippen LogP contribution >= 0.6 is 0 Å². The SMILES string of the molecule is CC(O)c1cc(F)c(S(C)(=O)=O)c(F)c1. The second-order valence-electron chi connectivity index (χ2n) is 3.26. The van der Waals surface area contributed by atoms with Gasteiger partial charge in [-0.3, -0.25) is 0 Å².